The number of aliphatic carboxylic acids is 3. The van der Waals surface area contributed by atoms with Crippen LogP contribution in [-0.2, 0) is 14.4 Å². The molecule has 10 heteroatoms. The van der Waals surface area contributed by atoms with E-state index >= 15 is 0 Å². The predicted octanol–water partition coefficient (Wildman–Crippen LogP) is 3.41. The molecule has 40 heavy (non-hydrogen) atoms. The molecule has 0 saturated carbocycles. The molecule has 0 spiro atoms. The first-order valence-corrected chi connectivity index (χ1v) is 15.2. The van der Waals surface area contributed by atoms with Crippen LogP contribution in [0, 0.1) is 23.7 Å². The van der Waals surface area contributed by atoms with Gasteiger partial charge >= 0.3 is 17.9 Å². The third kappa shape index (κ3) is 14.8. The number of hydrogen-bond donors (Lipinski definition) is 4. The second-order valence-electron chi connectivity index (χ2n) is 13.6. The Bertz CT molecular complexity index is 761. The second kappa shape index (κ2) is 17.9. The van der Waals surface area contributed by atoms with Gasteiger partial charge in [-0.2, -0.15) is 0 Å². The Labute approximate surface area is 242 Å². The van der Waals surface area contributed by atoms with Crippen LogP contribution in [0.15, 0.2) is 0 Å². The number of carbonyl (C=O) groups is 3. The number of hydrogen-bond acceptors (Lipinski definition) is 7. The summed E-state index contributed by atoms with van der Waals surface area (Å²) in [7, 11) is 0. The summed E-state index contributed by atoms with van der Waals surface area (Å²) in [5.41, 5.74) is 0. The van der Waals surface area contributed by atoms with Gasteiger partial charge in [-0.05, 0) is 49.4 Å². The van der Waals surface area contributed by atoms with Gasteiger partial charge in [-0.25, -0.2) is 0 Å². The van der Waals surface area contributed by atoms with E-state index < -0.39 is 17.9 Å². The van der Waals surface area contributed by atoms with Crippen LogP contribution in [0.5, 0.6) is 0 Å². The van der Waals surface area contributed by atoms with Crippen molar-refractivity contribution in [2.24, 2.45) is 23.7 Å². The van der Waals surface area contributed by atoms with Crippen molar-refractivity contribution in [2.45, 2.75) is 105 Å². The zero-order chi connectivity index (χ0) is 30.6. The molecule has 0 unspecified atom stereocenters. The summed E-state index contributed by atoms with van der Waals surface area (Å²) >= 11 is 0. The van der Waals surface area contributed by atoms with Crippen LogP contribution < -0.4 is 5.32 Å². The first-order chi connectivity index (χ1) is 18.6. The van der Waals surface area contributed by atoms with E-state index in [1.165, 1.54) is 0 Å². The van der Waals surface area contributed by atoms with E-state index in [1.54, 1.807) is 0 Å². The smallest absolute Gasteiger partial charge is 0.317 e. The summed E-state index contributed by atoms with van der Waals surface area (Å²) in [4.78, 5) is 42.3. The molecule has 234 valence electrons. The SMILES string of the molecule is CC(C)C[C@H]1CN(CC(=O)O)[C@@H](CC(C)C)CN(CC(=O)O)[C@@H](CC(C)C)CN(CC(=O)O)[C@@H](CC(C)C)CN1. The maximum absolute atomic E-state index is 12.1. The van der Waals surface area contributed by atoms with E-state index in [0.717, 1.165) is 19.3 Å². The minimum atomic E-state index is -0.934. The molecule has 0 aromatic carbocycles. The van der Waals surface area contributed by atoms with E-state index in [2.05, 4.69) is 60.7 Å². The molecular formula is C30H58N4O6. The van der Waals surface area contributed by atoms with Gasteiger partial charge < -0.3 is 20.6 Å². The molecule has 0 aromatic rings. The van der Waals surface area contributed by atoms with E-state index in [1.807, 2.05) is 14.7 Å². The largest absolute Gasteiger partial charge is 0.480 e. The number of carboxylic acid groups (broad SMARTS) is 3. The monoisotopic (exact) mass is 570 g/mol. The quantitative estimate of drug-likeness (QED) is 0.246. The molecule has 0 radical (unpaired) electrons. The molecule has 1 aliphatic rings. The van der Waals surface area contributed by atoms with Crippen molar-refractivity contribution in [3.8, 4) is 0 Å². The van der Waals surface area contributed by atoms with Gasteiger partial charge in [0.05, 0.1) is 19.6 Å². The summed E-state index contributed by atoms with van der Waals surface area (Å²) in [6, 6.07) is -0.363. The highest BCUT2D eigenvalue weighted by Crippen LogP contribution is 2.23. The van der Waals surface area contributed by atoms with Crippen molar-refractivity contribution in [2.75, 3.05) is 45.8 Å². The molecule has 0 bridgehead atoms. The van der Waals surface area contributed by atoms with Crippen LogP contribution in [0.1, 0.15) is 81.1 Å². The molecule has 0 aromatic heterocycles. The Hall–Kier alpha value is -1.75. The molecule has 1 fully saturated rings. The molecule has 0 aliphatic carbocycles. The van der Waals surface area contributed by atoms with Crippen molar-refractivity contribution in [1.29, 1.82) is 0 Å². The topological polar surface area (TPSA) is 134 Å². The Morgan fingerprint density at radius 1 is 0.575 bits per heavy atom. The van der Waals surface area contributed by atoms with E-state index in [-0.39, 0.29) is 49.7 Å². The lowest BCUT2D eigenvalue weighted by molar-refractivity contribution is -0.142. The van der Waals surface area contributed by atoms with Gasteiger partial charge in [-0.3, -0.25) is 29.1 Å². The first-order valence-electron chi connectivity index (χ1n) is 15.2. The lowest BCUT2D eigenvalue weighted by atomic mass is 9.94. The summed E-state index contributed by atoms with van der Waals surface area (Å²) < 4.78 is 0. The van der Waals surface area contributed by atoms with Gasteiger partial charge in [0.15, 0.2) is 0 Å². The Morgan fingerprint density at radius 3 is 1.25 bits per heavy atom. The zero-order valence-electron chi connectivity index (χ0n) is 26.3. The van der Waals surface area contributed by atoms with Crippen LogP contribution in [0.3, 0.4) is 0 Å². The Balaban J connectivity index is 3.73. The van der Waals surface area contributed by atoms with Crippen LogP contribution in [0.4, 0.5) is 0 Å². The van der Waals surface area contributed by atoms with Crippen molar-refractivity contribution >= 4 is 17.9 Å². The molecule has 4 N–H and O–H groups in total. The van der Waals surface area contributed by atoms with E-state index in [4.69, 9.17) is 0 Å². The molecule has 0 amide bonds. The normalized spacial score (nSPS) is 24.9. The molecule has 4 atom stereocenters. The van der Waals surface area contributed by atoms with Crippen LogP contribution >= 0.6 is 0 Å². The van der Waals surface area contributed by atoms with E-state index in [9.17, 15) is 29.7 Å². The Kier molecular flexibility index (Phi) is 16.3. The Morgan fingerprint density at radius 2 is 0.900 bits per heavy atom. The molecular weight excluding hydrogens is 512 g/mol. The summed E-state index contributed by atoms with van der Waals surface area (Å²) in [5.74, 6) is -1.42. The van der Waals surface area contributed by atoms with Gasteiger partial charge in [0, 0.05) is 50.3 Å². The number of rotatable bonds is 14. The molecule has 1 rings (SSSR count). The lowest BCUT2D eigenvalue weighted by Gasteiger charge is -2.44. The fourth-order valence-corrected chi connectivity index (χ4v) is 6.14. The minimum Gasteiger partial charge on any atom is -0.480 e. The third-order valence-corrected chi connectivity index (χ3v) is 7.54. The lowest BCUT2D eigenvalue weighted by Crippen LogP contribution is -2.59. The highest BCUT2D eigenvalue weighted by molar-refractivity contribution is 5.70. The van der Waals surface area contributed by atoms with Crippen LogP contribution in [0.2, 0.25) is 0 Å². The fourth-order valence-electron chi connectivity index (χ4n) is 6.14. The number of nitrogens with one attached hydrogen (secondary N) is 1. The maximum atomic E-state index is 12.1. The van der Waals surface area contributed by atoms with Crippen molar-refractivity contribution in [3.63, 3.8) is 0 Å². The molecule has 1 aliphatic heterocycles. The summed E-state index contributed by atoms with van der Waals surface area (Å²) in [5, 5.41) is 33.4. The number of carboxylic acids is 3. The predicted molar refractivity (Wildman–Crippen MR) is 159 cm³/mol. The zero-order valence-corrected chi connectivity index (χ0v) is 26.3. The summed E-state index contributed by atoms with van der Waals surface area (Å²) in [6.07, 6.45) is 3.11. The molecule has 1 saturated heterocycles. The first kappa shape index (κ1) is 36.3. The molecule has 1 heterocycles. The van der Waals surface area contributed by atoms with Crippen molar-refractivity contribution in [3.05, 3.63) is 0 Å². The fraction of sp³-hybridized carbons (Fsp3) is 0.900. The second-order valence-corrected chi connectivity index (χ2v) is 13.6. The van der Waals surface area contributed by atoms with Gasteiger partial charge in [-0.15, -0.1) is 0 Å². The molecule has 10 nitrogen and oxygen atoms in total. The van der Waals surface area contributed by atoms with Crippen molar-refractivity contribution in [1.82, 2.24) is 20.0 Å². The van der Waals surface area contributed by atoms with Crippen LogP contribution in [-0.4, -0.2) is 118 Å². The maximum Gasteiger partial charge on any atom is 0.317 e. The van der Waals surface area contributed by atoms with Gasteiger partial charge in [0.25, 0.3) is 0 Å². The minimum absolute atomic E-state index is 0.0224. The van der Waals surface area contributed by atoms with Gasteiger partial charge in [0.1, 0.15) is 0 Å². The van der Waals surface area contributed by atoms with Crippen molar-refractivity contribution < 1.29 is 29.7 Å². The average molecular weight is 571 g/mol. The summed E-state index contributed by atoms with van der Waals surface area (Å²) in [6.45, 7) is 18.6. The average Bonchev–Trinajstić information content (AvgIpc) is 2.76. The van der Waals surface area contributed by atoms with Gasteiger partial charge in [0.2, 0.25) is 0 Å². The highest BCUT2D eigenvalue weighted by atomic mass is 16.4. The standard InChI is InChI=1S/C30H58N4O6/c1-20(2)9-24-14-32(17-28(35)36)26(11-22(5)6)16-34(19-30(39)40)27(12-23(7)8)15-33(18-29(37)38)25(13-31-24)10-21(3)4/h20-27,31H,9-19H2,1-8H3,(H,35,36)(H,37,38)(H,39,40)/t24-,25-,26-,27-/m0/s1. The van der Waals surface area contributed by atoms with Crippen LogP contribution in [0.25, 0.3) is 0 Å². The van der Waals surface area contributed by atoms with E-state index in [0.29, 0.717) is 50.4 Å². The third-order valence-electron chi connectivity index (χ3n) is 7.54. The number of nitrogens with zero attached hydrogens (tertiary/aromatic N) is 3. The highest BCUT2D eigenvalue weighted by Gasteiger charge is 2.34. The van der Waals surface area contributed by atoms with Gasteiger partial charge in [-0.1, -0.05) is 55.4 Å².